The van der Waals surface area contributed by atoms with E-state index in [1.54, 1.807) is 18.2 Å². The smallest absolute Gasteiger partial charge is 0.180 e. The molecule has 0 unspecified atom stereocenters. The number of nitrogens with two attached hydrogens (primary N) is 1. The molecular formula is C14H13BrFNO. The average Bonchev–Trinajstić information content (AvgIpc) is 2.35. The minimum Gasteiger partial charge on any atom is -0.454 e. The average molecular weight is 310 g/mol. The Morgan fingerprint density at radius 2 is 2.06 bits per heavy atom. The largest absolute Gasteiger partial charge is 0.454 e. The van der Waals surface area contributed by atoms with Crippen molar-refractivity contribution < 1.29 is 9.13 Å². The second-order valence-corrected chi connectivity index (χ2v) is 4.77. The van der Waals surface area contributed by atoms with E-state index < -0.39 is 5.82 Å². The highest BCUT2D eigenvalue weighted by molar-refractivity contribution is 9.10. The fourth-order valence-electron chi connectivity index (χ4n) is 1.61. The molecule has 0 spiro atoms. The van der Waals surface area contributed by atoms with Crippen LogP contribution in [0, 0.1) is 12.7 Å². The zero-order chi connectivity index (χ0) is 13.1. The lowest BCUT2D eigenvalue weighted by Gasteiger charge is -2.10. The minimum atomic E-state index is -0.431. The van der Waals surface area contributed by atoms with Crippen LogP contribution in [0.1, 0.15) is 11.1 Å². The number of halogens is 2. The van der Waals surface area contributed by atoms with E-state index in [4.69, 9.17) is 10.5 Å². The van der Waals surface area contributed by atoms with Crippen molar-refractivity contribution >= 4 is 15.9 Å². The Bertz CT molecular complexity index is 572. The molecule has 0 fully saturated rings. The zero-order valence-corrected chi connectivity index (χ0v) is 11.5. The molecule has 0 aliphatic carbocycles. The summed E-state index contributed by atoms with van der Waals surface area (Å²) in [5, 5.41) is 0. The molecule has 2 N–H and O–H groups in total. The molecule has 0 aliphatic heterocycles. The third-order valence-corrected chi connectivity index (χ3v) is 3.42. The van der Waals surface area contributed by atoms with Crippen LogP contribution >= 0.6 is 15.9 Å². The molecule has 0 saturated carbocycles. The quantitative estimate of drug-likeness (QED) is 0.924. The van der Waals surface area contributed by atoms with Crippen molar-refractivity contribution in [2.45, 2.75) is 13.5 Å². The molecule has 4 heteroatoms. The number of aryl methyl sites for hydroxylation is 1. The van der Waals surface area contributed by atoms with Gasteiger partial charge in [0, 0.05) is 6.54 Å². The van der Waals surface area contributed by atoms with Crippen molar-refractivity contribution in [2.75, 3.05) is 0 Å². The summed E-state index contributed by atoms with van der Waals surface area (Å²) in [6.45, 7) is 2.24. The molecule has 0 heterocycles. The summed E-state index contributed by atoms with van der Waals surface area (Å²) < 4.78 is 19.9. The number of hydrogen-bond donors (Lipinski definition) is 1. The lowest BCUT2D eigenvalue weighted by atomic mass is 10.2. The molecule has 2 aromatic rings. The normalized spacial score (nSPS) is 10.4. The predicted molar refractivity (Wildman–Crippen MR) is 73.2 cm³/mol. The van der Waals surface area contributed by atoms with Gasteiger partial charge < -0.3 is 10.5 Å². The molecule has 0 atom stereocenters. The van der Waals surface area contributed by atoms with Crippen LogP contribution in [0.25, 0.3) is 0 Å². The molecule has 94 valence electrons. The van der Waals surface area contributed by atoms with Crippen LogP contribution in [0.5, 0.6) is 11.5 Å². The zero-order valence-electron chi connectivity index (χ0n) is 9.91. The first-order chi connectivity index (χ1) is 8.61. The fraction of sp³-hybridized carbons (Fsp3) is 0.143. The molecule has 0 aromatic heterocycles. The van der Waals surface area contributed by atoms with E-state index >= 15 is 0 Å². The van der Waals surface area contributed by atoms with Gasteiger partial charge >= 0.3 is 0 Å². The van der Waals surface area contributed by atoms with E-state index in [0.29, 0.717) is 15.8 Å². The molecule has 2 aromatic carbocycles. The lowest BCUT2D eigenvalue weighted by molar-refractivity contribution is 0.439. The first kappa shape index (κ1) is 13.1. The molecule has 0 saturated heterocycles. The van der Waals surface area contributed by atoms with Gasteiger partial charge in [-0.05, 0) is 52.2 Å². The van der Waals surface area contributed by atoms with Crippen LogP contribution in [0.2, 0.25) is 0 Å². The Balaban J connectivity index is 2.33. The van der Waals surface area contributed by atoms with Gasteiger partial charge in [0.15, 0.2) is 11.6 Å². The van der Waals surface area contributed by atoms with Crippen molar-refractivity contribution in [1.29, 1.82) is 0 Å². The first-order valence-corrected chi connectivity index (χ1v) is 6.32. The van der Waals surface area contributed by atoms with Gasteiger partial charge in [0.2, 0.25) is 0 Å². The van der Waals surface area contributed by atoms with Crippen molar-refractivity contribution in [3.63, 3.8) is 0 Å². The fourth-order valence-corrected chi connectivity index (χ4v) is 2.10. The number of hydrogen-bond acceptors (Lipinski definition) is 2. The van der Waals surface area contributed by atoms with Crippen LogP contribution in [0.15, 0.2) is 40.9 Å². The molecule has 2 rings (SSSR count). The van der Waals surface area contributed by atoms with Crippen molar-refractivity contribution in [3.05, 3.63) is 57.8 Å². The van der Waals surface area contributed by atoms with Crippen LogP contribution in [-0.2, 0) is 6.54 Å². The molecule has 2 nitrogen and oxygen atoms in total. The SMILES string of the molecule is Cc1cccc(Oc2ccc(CN)c(Br)c2F)c1. The van der Waals surface area contributed by atoms with E-state index in [1.165, 1.54) is 0 Å². The van der Waals surface area contributed by atoms with E-state index in [9.17, 15) is 4.39 Å². The van der Waals surface area contributed by atoms with Crippen LogP contribution in [-0.4, -0.2) is 0 Å². The van der Waals surface area contributed by atoms with Crippen molar-refractivity contribution in [3.8, 4) is 11.5 Å². The highest BCUT2D eigenvalue weighted by atomic mass is 79.9. The maximum Gasteiger partial charge on any atom is 0.180 e. The summed E-state index contributed by atoms with van der Waals surface area (Å²) in [4.78, 5) is 0. The van der Waals surface area contributed by atoms with Gasteiger partial charge in [0.1, 0.15) is 5.75 Å². The van der Waals surface area contributed by atoms with Crippen LogP contribution in [0.3, 0.4) is 0 Å². The first-order valence-electron chi connectivity index (χ1n) is 5.53. The van der Waals surface area contributed by atoms with Crippen molar-refractivity contribution in [1.82, 2.24) is 0 Å². The third kappa shape index (κ3) is 2.71. The maximum absolute atomic E-state index is 14.0. The Labute approximate surface area is 114 Å². The van der Waals surface area contributed by atoms with E-state index in [-0.39, 0.29) is 12.3 Å². The second kappa shape index (κ2) is 5.50. The molecule has 0 bridgehead atoms. The Morgan fingerprint density at radius 3 is 2.72 bits per heavy atom. The van der Waals surface area contributed by atoms with E-state index in [0.717, 1.165) is 5.56 Å². The topological polar surface area (TPSA) is 35.2 Å². The van der Waals surface area contributed by atoms with Gasteiger partial charge in [-0.2, -0.15) is 0 Å². The van der Waals surface area contributed by atoms with Gasteiger partial charge in [-0.1, -0.05) is 18.2 Å². The Morgan fingerprint density at radius 1 is 1.28 bits per heavy atom. The monoisotopic (exact) mass is 309 g/mol. The van der Waals surface area contributed by atoms with Gasteiger partial charge in [-0.25, -0.2) is 4.39 Å². The molecular weight excluding hydrogens is 297 g/mol. The summed E-state index contributed by atoms with van der Waals surface area (Å²) in [6, 6.07) is 10.8. The maximum atomic E-state index is 14.0. The highest BCUT2D eigenvalue weighted by Gasteiger charge is 2.12. The highest BCUT2D eigenvalue weighted by Crippen LogP contribution is 2.31. The third-order valence-electron chi connectivity index (χ3n) is 2.56. The number of ether oxygens (including phenoxy) is 1. The summed E-state index contributed by atoms with van der Waals surface area (Å²) in [6.07, 6.45) is 0. The summed E-state index contributed by atoms with van der Waals surface area (Å²) in [7, 11) is 0. The number of rotatable bonds is 3. The van der Waals surface area contributed by atoms with Gasteiger partial charge in [0.25, 0.3) is 0 Å². The summed E-state index contributed by atoms with van der Waals surface area (Å²) in [5.41, 5.74) is 7.28. The van der Waals surface area contributed by atoms with Crippen LogP contribution in [0.4, 0.5) is 4.39 Å². The second-order valence-electron chi connectivity index (χ2n) is 3.97. The molecule has 0 amide bonds. The number of benzene rings is 2. The molecule has 0 aliphatic rings. The lowest BCUT2D eigenvalue weighted by Crippen LogP contribution is -2.00. The molecule has 0 radical (unpaired) electrons. The van der Waals surface area contributed by atoms with E-state index in [2.05, 4.69) is 15.9 Å². The van der Waals surface area contributed by atoms with Crippen LogP contribution < -0.4 is 10.5 Å². The van der Waals surface area contributed by atoms with Crippen molar-refractivity contribution in [2.24, 2.45) is 5.73 Å². The minimum absolute atomic E-state index is 0.185. The van der Waals surface area contributed by atoms with Gasteiger partial charge in [-0.3, -0.25) is 0 Å². The summed E-state index contributed by atoms with van der Waals surface area (Å²) in [5.74, 6) is 0.366. The Kier molecular flexibility index (Phi) is 3.99. The Hall–Kier alpha value is -1.39. The van der Waals surface area contributed by atoms with E-state index in [1.807, 2.05) is 25.1 Å². The van der Waals surface area contributed by atoms with Gasteiger partial charge in [-0.15, -0.1) is 0 Å². The van der Waals surface area contributed by atoms with Gasteiger partial charge in [0.05, 0.1) is 4.47 Å². The predicted octanol–water partition coefficient (Wildman–Crippen LogP) is 4.15. The standard InChI is InChI=1S/C14H13BrFNO/c1-9-3-2-4-11(7-9)18-12-6-5-10(8-17)13(15)14(12)16/h2-7H,8,17H2,1H3. The molecule has 18 heavy (non-hydrogen) atoms. The summed E-state index contributed by atoms with van der Waals surface area (Å²) >= 11 is 3.18.